The Morgan fingerprint density at radius 2 is 1.73 bits per heavy atom. The molecular formula is C19H21BrN2O4. The normalized spacial score (nSPS) is 10.3. The summed E-state index contributed by atoms with van der Waals surface area (Å²) < 4.78 is 11.8. The summed E-state index contributed by atoms with van der Waals surface area (Å²) in [6, 6.07) is 13.9. The van der Waals surface area contributed by atoms with Gasteiger partial charge in [-0.2, -0.15) is 0 Å². The van der Waals surface area contributed by atoms with E-state index in [4.69, 9.17) is 9.47 Å². The van der Waals surface area contributed by atoms with Gasteiger partial charge in [0.25, 0.3) is 11.8 Å². The van der Waals surface area contributed by atoms with Crippen LogP contribution in [0.3, 0.4) is 0 Å². The van der Waals surface area contributed by atoms with E-state index >= 15 is 0 Å². The molecule has 0 aliphatic rings. The van der Waals surface area contributed by atoms with Crippen molar-refractivity contribution in [1.82, 2.24) is 10.9 Å². The molecule has 138 valence electrons. The lowest BCUT2D eigenvalue weighted by molar-refractivity contribution is -0.123. The fourth-order valence-electron chi connectivity index (χ4n) is 1.90. The van der Waals surface area contributed by atoms with Crippen LogP contribution in [0, 0.1) is 5.92 Å². The molecule has 0 heterocycles. The summed E-state index contributed by atoms with van der Waals surface area (Å²) in [4.78, 5) is 23.9. The molecule has 0 bridgehead atoms. The van der Waals surface area contributed by atoms with Crippen molar-refractivity contribution in [2.45, 2.75) is 13.8 Å². The Morgan fingerprint density at radius 3 is 2.42 bits per heavy atom. The summed E-state index contributed by atoms with van der Waals surface area (Å²) in [7, 11) is 0. The Hall–Kier alpha value is -2.54. The quantitative estimate of drug-likeness (QED) is 0.673. The maximum absolute atomic E-state index is 12.1. The highest BCUT2D eigenvalue weighted by Gasteiger charge is 2.09. The van der Waals surface area contributed by atoms with Gasteiger partial charge in [0, 0.05) is 10.0 Å². The molecule has 0 aliphatic carbocycles. The number of carbonyl (C=O) groups is 2. The summed E-state index contributed by atoms with van der Waals surface area (Å²) in [5.41, 5.74) is 5.06. The van der Waals surface area contributed by atoms with Crippen LogP contribution in [0.25, 0.3) is 0 Å². The zero-order valence-electron chi connectivity index (χ0n) is 14.6. The predicted molar refractivity (Wildman–Crippen MR) is 102 cm³/mol. The number of hydrazine groups is 1. The van der Waals surface area contributed by atoms with Crippen LogP contribution in [0.4, 0.5) is 0 Å². The molecule has 2 aromatic carbocycles. The first kappa shape index (κ1) is 19.8. The second-order valence-electron chi connectivity index (χ2n) is 5.98. The number of hydrogen-bond acceptors (Lipinski definition) is 4. The van der Waals surface area contributed by atoms with Crippen LogP contribution in [-0.2, 0) is 4.79 Å². The largest absolute Gasteiger partial charge is 0.493 e. The third kappa shape index (κ3) is 6.76. The van der Waals surface area contributed by atoms with Crippen LogP contribution >= 0.6 is 15.9 Å². The van der Waals surface area contributed by atoms with Crippen molar-refractivity contribution in [3.63, 3.8) is 0 Å². The Labute approximate surface area is 161 Å². The van der Waals surface area contributed by atoms with Gasteiger partial charge >= 0.3 is 0 Å². The molecule has 0 aliphatic heterocycles. The minimum absolute atomic E-state index is 0.209. The van der Waals surface area contributed by atoms with Gasteiger partial charge in [-0.1, -0.05) is 35.8 Å². The summed E-state index contributed by atoms with van der Waals surface area (Å²) in [5, 5.41) is 0. The predicted octanol–water partition coefficient (Wildman–Crippen LogP) is 3.32. The molecular weight excluding hydrogens is 400 g/mol. The van der Waals surface area contributed by atoms with Gasteiger partial charge in [-0.3, -0.25) is 20.4 Å². The van der Waals surface area contributed by atoms with Crippen LogP contribution < -0.4 is 20.3 Å². The molecule has 0 unspecified atom stereocenters. The summed E-state index contributed by atoms with van der Waals surface area (Å²) >= 11 is 3.32. The average molecular weight is 421 g/mol. The molecule has 26 heavy (non-hydrogen) atoms. The maximum atomic E-state index is 12.1. The molecule has 0 aromatic heterocycles. The van der Waals surface area contributed by atoms with Crippen LogP contribution in [0.2, 0.25) is 0 Å². The topological polar surface area (TPSA) is 76.7 Å². The highest BCUT2D eigenvalue weighted by atomic mass is 79.9. The SMILES string of the molecule is CC(C)COc1cccc(C(=O)NNC(=O)COc2ccc(Br)cc2)c1. The van der Waals surface area contributed by atoms with Crippen molar-refractivity contribution in [2.75, 3.05) is 13.2 Å². The van der Waals surface area contributed by atoms with Gasteiger partial charge in [0.2, 0.25) is 0 Å². The molecule has 0 atom stereocenters. The smallest absolute Gasteiger partial charge is 0.276 e. The molecule has 2 aromatic rings. The van der Waals surface area contributed by atoms with E-state index in [1.54, 1.807) is 36.4 Å². The highest BCUT2D eigenvalue weighted by molar-refractivity contribution is 9.10. The number of amides is 2. The lowest BCUT2D eigenvalue weighted by Gasteiger charge is -2.11. The zero-order valence-corrected chi connectivity index (χ0v) is 16.2. The Morgan fingerprint density at radius 1 is 1.00 bits per heavy atom. The molecule has 0 radical (unpaired) electrons. The Bertz CT molecular complexity index is 747. The number of halogens is 1. The first-order valence-corrected chi connectivity index (χ1v) is 8.94. The van der Waals surface area contributed by atoms with E-state index in [0.717, 1.165) is 4.47 Å². The number of carbonyl (C=O) groups excluding carboxylic acids is 2. The van der Waals surface area contributed by atoms with Gasteiger partial charge in [-0.05, 0) is 48.4 Å². The number of rotatable bonds is 7. The molecule has 0 spiro atoms. The van der Waals surface area contributed by atoms with Crippen molar-refractivity contribution < 1.29 is 19.1 Å². The number of ether oxygens (including phenoxy) is 2. The third-order valence-electron chi connectivity index (χ3n) is 3.18. The first-order chi connectivity index (χ1) is 12.4. The summed E-state index contributed by atoms with van der Waals surface area (Å²) in [6.07, 6.45) is 0. The van der Waals surface area contributed by atoms with Crippen LogP contribution in [0.15, 0.2) is 53.0 Å². The van der Waals surface area contributed by atoms with E-state index in [-0.39, 0.29) is 6.61 Å². The molecule has 2 N–H and O–H groups in total. The van der Waals surface area contributed by atoms with E-state index in [2.05, 4.69) is 26.8 Å². The molecule has 2 amide bonds. The molecule has 0 saturated carbocycles. The fourth-order valence-corrected chi connectivity index (χ4v) is 2.17. The number of nitrogens with one attached hydrogen (secondary N) is 2. The summed E-state index contributed by atoms with van der Waals surface area (Å²) in [6.45, 7) is 4.44. The number of hydrogen-bond donors (Lipinski definition) is 2. The van der Waals surface area contributed by atoms with E-state index in [0.29, 0.717) is 29.6 Å². The Kier molecular flexibility index (Phi) is 7.47. The van der Waals surface area contributed by atoms with Crippen LogP contribution in [0.1, 0.15) is 24.2 Å². The molecule has 6 nitrogen and oxygen atoms in total. The zero-order chi connectivity index (χ0) is 18.9. The van der Waals surface area contributed by atoms with Crippen molar-refractivity contribution >= 4 is 27.7 Å². The monoisotopic (exact) mass is 420 g/mol. The first-order valence-electron chi connectivity index (χ1n) is 8.14. The van der Waals surface area contributed by atoms with Gasteiger partial charge in [-0.25, -0.2) is 0 Å². The van der Waals surface area contributed by atoms with Crippen molar-refractivity contribution in [2.24, 2.45) is 5.92 Å². The second-order valence-corrected chi connectivity index (χ2v) is 6.89. The molecule has 0 saturated heterocycles. The van der Waals surface area contributed by atoms with E-state index in [9.17, 15) is 9.59 Å². The molecule has 2 rings (SSSR count). The van der Waals surface area contributed by atoms with E-state index in [1.165, 1.54) is 0 Å². The van der Waals surface area contributed by atoms with Gasteiger partial charge in [0.1, 0.15) is 11.5 Å². The number of benzene rings is 2. The van der Waals surface area contributed by atoms with Crippen molar-refractivity contribution in [3.8, 4) is 11.5 Å². The Balaban J connectivity index is 1.79. The summed E-state index contributed by atoms with van der Waals surface area (Å²) in [5.74, 6) is 0.656. The maximum Gasteiger partial charge on any atom is 0.276 e. The molecule has 0 fully saturated rings. The standard InChI is InChI=1S/C19H21BrN2O4/c1-13(2)11-25-17-5-3-4-14(10-17)19(24)22-21-18(23)12-26-16-8-6-15(20)7-9-16/h3-10,13H,11-12H2,1-2H3,(H,21,23)(H,22,24). The van der Waals surface area contributed by atoms with Crippen molar-refractivity contribution in [1.29, 1.82) is 0 Å². The van der Waals surface area contributed by atoms with Gasteiger partial charge in [0.05, 0.1) is 6.61 Å². The van der Waals surface area contributed by atoms with E-state index in [1.807, 2.05) is 26.0 Å². The second kappa shape index (κ2) is 9.82. The minimum Gasteiger partial charge on any atom is -0.493 e. The van der Waals surface area contributed by atoms with Gasteiger partial charge < -0.3 is 9.47 Å². The average Bonchev–Trinajstić information content (AvgIpc) is 2.64. The lowest BCUT2D eigenvalue weighted by atomic mass is 10.2. The van der Waals surface area contributed by atoms with Crippen molar-refractivity contribution in [3.05, 3.63) is 58.6 Å². The minimum atomic E-state index is -0.464. The van der Waals surface area contributed by atoms with Crippen LogP contribution in [-0.4, -0.2) is 25.0 Å². The molecule has 7 heteroatoms. The fraction of sp³-hybridized carbons (Fsp3) is 0.263. The van der Waals surface area contributed by atoms with E-state index < -0.39 is 11.8 Å². The van der Waals surface area contributed by atoms with Gasteiger partial charge in [0.15, 0.2) is 6.61 Å². The van der Waals surface area contributed by atoms with Crippen LogP contribution in [0.5, 0.6) is 11.5 Å². The van der Waals surface area contributed by atoms with Gasteiger partial charge in [-0.15, -0.1) is 0 Å². The highest BCUT2D eigenvalue weighted by Crippen LogP contribution is 2.16. The third-order valence-corrected chi connectivity index (χ3v) is 3.71. The lowest BCUT2D eigenvalue weighted by Crippen LogP contribution is -2.43.